The average Bonchev–Trinajstić information content (AvgIpc) is 2.95. The van der Waals surface area contributed by atoms with Gasteiger partial charge in [-0.3, -0.25) is 0 Å². The predicted octanol–water partition coefficient (Wildman–Crippen LogP) is 5.40. The Kier molecular flexibility index (Phi) is 6.58. The molecule has 4 nitrogen and oxygen atoms in total. The van der Waals surface area contributed by atoms with Gasteiger partial charge in [-0.05, 0) is 33.1 Å². The van der Waals surface area contributed by atoms with E-state index < -0.39 is 18.1 Å². The number of thiazole rings is 1. The lowest BCUT2D eigenvalue weighted by molar-refractivity contribution is -0.183. The molecular weight excluding hydrogens is 363 g/mol. The van der Waals surface area contributed by atoms with Crippen LogP contribution in [0.4, 0.5) is 18.0 Å². The summed E-state index contributed by atoms with van der Waals surface area (Å²) in [6.45, 7) is 7.99. The summed E-state index contributed by atoms with van der Waals surface area (Å²) in [6.07, 6.45) is -2.98. The normalized spacial score (nSPS) is 22.3. The highest BCUT2D eigenvalue weighted by atomic mass is 32.1. The van der Waals surface area contributed by atoms with E-state index in [0.29, 0.717) is 18.8 Å². The highest BCUT2D eigenvalue weighted by Gasteiger charge is 2.42. The van der Waals surface area contributed by atoms with Gasteiger partial charge in [-0.2, -0.15) is 13.2 Å². The molecule has 0 bridgehead atoms. The number of alkyl halides is 3. The number of urea groups is 1. The van der Waals surface area contributed by atoms with E-state index >= 15 is 0 Å². The van der Waals surface area contributed by atoms with Gasteiger partial charge in [-0.15, -0.1) is 11.3 Å². The molecule has 0 aliphatic heterocycles. The van der Waals surface area contributed by atoms with Gasteiger partial charge in [0, 0.05) is 23.9 Å². The molecule has 2 rings (SSSR count). The maximum atomic E-state index is 12.9. The first kappa shape index (κ1) is 21.0. The Morgan fingerprint density at radius 3 is 2.50 bits per heavy atom. The number of nitrogens with zero attached hydrogens (tertiary/aromatic N) is 2. The number of rotatable bonds is 4. The van der Waals surface area contributed by atoms with E-state index in [1.807, 2.05) is 13.8 Å². The summed E-state index contributed by atoms with van der Waals surface area (Å²) in [7, 11) is 1.68. The van der Waals surface area contributed by atoms with E-state index in [2.05, 4.69) is 24.1 Å². The van der Waals surface area contributed by atoms with Gasteiger partial charge < -0.3 is 10.2 Å². The third-order valence-electron chi connectivity index (χ3n) is 5.09. The van der Waals surface area contributed by atoms with E-state index in [-0.39, 0.29) is 24.9 Å². The zero-order valence-corrected chi connectivity index (χ0v) is 16.8. The second kappa shape index (κ2) is 8.15. The highest BCUT2D eigenvalue weighted by Crippen LogP contribution is 2.38. The van der Waals surface area contributed by atoms with E-state index in [9.17, 15) is 18.0 Å². The van der Waals surface area contributed by atoms with E-state index in [1.54, 1.807) is 23.3 Å². The van der Waals surface area contributed by atoms with Gasteiger partial charge in [-0.1, -0.05) is 20.3 Å². The molecule has 0 spiro atoms. The van der Waals surface area contributed by atoms with Crippen LogP contribution in [0.15, 0.2) is 0 Å². The fourth-order valence-electron chi connectivity index (χ4n) is 3.31. The van der Waals surface area contributed by atoms with Crippen molar-refractivity contribution in [2.75, 3.05) is 7.05 Å². The SMILES string of the molecule is Cc1nc(C(C)C)sc1[C@H](C)N(C)C(=O)N[C@H]1CCC[C@H](C(F)(F)F)C1. The number of aryl methyl sites for hydroxylation is 1. The first-order valence-corrected chi connectivity index (χ1v) is 9.89. The average molecular weight is 392 g/mol. The van der Waals surface area contributed by atoms with Crippen LogP contribution < -0.4 is 5.32 Å². The zero-order valence-electron chi connectivity index (χ0n) is 16.0. The van der Waals surface area contributed by atoms with Crippen molar-refractivity contribution in [2.45, 2.75) is 77.6 Å². The van der Waals surface area contributed by atoms with Crippen LogP contribution in [0.25, 0.3) is 0 Å². The summed E-state index contributed by atoms with van der Waals surface area (Å²) >= 11 is 1.59. The fraction of sp³-hybridized carbons (Fsp3) is 0.778. The quantitative estimate of drug-likeness (QED) is 0.747. The van der Waals surface area contributed by atoms with Gasteiger partial charge in [0.1, 0.15) is 0 Å². The van der Waals surface area contributed by atoms with Crippen molar-refractivity contribution in [3.05, 3.63) is 15.6 Å². The number of nitrogens with one attached hydrogen (secondary N) is 1. The third kappa shape index (κ3) is 4.90. The van der Waals surface area contributed by atoms with Crippen LogP contribution in [0.1, 0.15) is 74.0 Å². The van der Waals surface area contributed by atoms with Crippen molar-refractivity contribution in [3.8, 4) is 0 Å². The molecule has 1 heterocycles. The smallest absolute Gasteiger partial charge is 0.335 e. The van der Waals surface area contributed by atoms with Crippen LogP contribution in [0.5, 0.6) is 0 Å². The fourth-order valence-corrected chi connectivity index (χ4v) is 4.48. The Morgan fingerprint density at radius 2 is 1.96 bits per heavy atom. The largest absolute Gasteiger partial charge is 0.391 e. The topological polar surface area (TPSA) is 45.2 Å². The number of halogens is 3. The van der Waals surface area contributed by atoms with Gasteiger partial charge >= 0.3 is 12.2 Å². The van der Waals surface area contributed by atoms with Crippen LogP contribution in [0.3, 0.4) is 0 Å². The molecule has 148 valence electrons. The molecule has 3 atom stereocenters. The molecule has 1 aliphatic rings. The van der Waals surface area contributed by atoms with E-state index in [0.717, 1.165) is 15.6 Å². The Balaban J connectivity index is 2.00. The van der Waals surface area contributed by atoms with Crippen molar-refractivity contribution >= 4 is 17.4 Å². The lowest BCUT2D eigenvalue weighted by atomic mass is 9.85. The van der Waals surface area contributed by atoms with Crippen molar-refractivity contribution in [1.29, 1.82) is 0 Å². The predicted molar refractivity (Wildman–Crippen MR) is 97.5 cm³/mol. The summed E-state index contributed by atoms with van der Waals surface area (Å²) in [4.78, 5) is 19.7. The number of aromatic nitrogens is 1. The molecule has 1 saturated carbocycles. The highest BCUT2D eigenvalue weighted by molar-refractivity contribution is 7.11. The molecule has 26 heavy (non-hydrogen) atoms. The van der Waals surface area contributed by atoms with Gasteiger partial charge in [0.2, 0.25) is 0 Å². The van der Waals surface area contributed by atoms with Crippen molar-refractivity contribution < 1.29 is 18.0 Å². The third-order valence-corrected chi connectivity index (χ3v) is 6.72. The number of carbonyl (C=O) groups excluding carboxylic acids is 1. The lowest BCUT2D eigenvalue weighted by Gasteiger charge is -2.33. The van der Waals surface area contributed by atoms with Crippen molar-refractivity contribution in [1.82, 2.24) is 15.2 Å². The molecule has 1 fully saturated rings. The minimum atomic E-state index is -4.18. The summed E-state index contributed by atoms with van der Waals surface area (Å²) in [5.41, 5.74) is 0.903. The van der Waals surface area contributed by atoms with Gasteiger partial charge in [0.25, 0.3) is 0 Å². The maximum absolute atomic E-state index is 12.9. The molecule has 1 aromatic heterocycles. The molecule has 2 amide bonds. The second-order valence-electron chi connectivity index (χ2n) is 7.49. The number of hydrogen-bond donors (Lipinski definition) is 1. The molecule has 1 aliphatic carbocycles. The number of amides is 2. The number of hydrogen-bond acceptors (Lipinski definition) is 3. The Bertz CT molecular complexity index is 630. The van der Waals surface area contributed by atoms with Crippen molar-refractivity contribution in [3.63, 3.8) is 0 Å². The molecule has 0 aromatic carbocycles. The summed E-state index contributed by atoms with van der Waals surface area (Å²) in [6, 6.07) is -0.933. The molecule has 1 aromatic rings. The van der Waals surface area contributed by atoms with Crippen LogP contribution in [-0.4, -0.2) is 35.2 Å². The molecule has 8 heteroatoms. The summed E-state index contributed by atoms with van der Waals surface area (Å²) in [5.74, 6) is -0.998. The lowest BCUT2D eigenvalue weighted by Crippen LogP contribution is -2.47. The van der Waals surface area contributed by atoms with Gasteiger partial charge in [0.15, 0.2) is 0 Å². The van der Waals surface area contributed by atoms with Gasteiger partial charge in [-0.25, -0.2) is 9.78 Å². The first-order chi connectivity index (χ1) is 12.0. The second-order valence-corrected chi connectivity index (χ2v) is 8.56. The summed E-state index contributed by atoms with van der Waals surface area (Å²) < 4.78 is 38.8. The Labute approximate surface area is 157 Å². The number of carbonyl (C=O) groups is 1. The monoisotopic (exact) mass is 391 g/mol. The van der Waals surface area contributed by atoms with Gasteiger partial charge in [0.05, 0.1) is 22.7 Å². The molecule has 1 N–H and O–H groups in total. The van der Waals surface area contributed by atoms with Crippen molar-refractivity contribution in [2.24, 2.45) is 5.92 Å². The summed E-state index contributed by atoms with van der Waals surface area (Å²) in [5, 5.41) is 3.82. The minimum absolute atomic E-state index is 0.0332. The van der Waals surface area contributed by atoms with Crippen LogP contribution >= 0.6 is 11.3 Å². The van der Waals surface area contributed by atoms with E-state index in [4.69, 9.17) is 0 Å². The molecule has 0 saturated heterocycles. The van der Waals surface area contributed by atoms with Crippen LogP contribution in [-0.2, 0) is 0 Å². The minimum Gasteiger partial charge on any atom is -0.335 e. The molecule has 0 unspecified atom stereocenters. The first-order valence-electron chi connectivity index (χ1n) is 9.08. The van der Waals surface area contributed by atoms with Crippen LogP contribution in [0.2, 0.25) is 0 Å². The maximum Gasteiger partial charge on any atom is 0.391 e. The van der Waals surface area contributed by atoms with E-state index in [1.165, 1.54) is 0 Å². The Hall–Kier alpha value is -1.31. The standard InChI is InChI=1S/C18H28F3N3OS/c1-10(2)16-22-11(3)15(26-16)12(4)24(5)17(25)23-14-8-6-7-13(9-14)18(19,20)21/h10,12-14H,6-9H2,1-5H3,(H,23,25)/t12-,13-,14-/m0/s1. The van der Waals surface area contributed by atoms with Crippen LogP contribution in [0, 0.1) is 12.8 Å². The Morgan fingerprint density at radius 1 is 1.31 bits per heavy atom. The zero-order chi connectivity index (χ0) is 19.6. The molecular formula is C18H28F3N3OS. The molecule has 0 radical (unpaired) electrons.